The maximum absolute atomic E-state index is 13.5. The third-order valence-corrected chi connectivity index (χ3v) is 7.24. The van der Waals surface area contributed by atoms with E-state index in [1.165, 1.54) is 7.11 Å². The number of para-hydroxylation sites is 1. The van der Waals surface area contributed by atoms with Gasteiger partial charge in [-0.1, -0.05) is 48.0 Å². The van der Waals surface area contributed by atoms with E-state index in [9.17, 15) is 14.4 Å². The molecule has 0 saturated heterocycles. The van der Waals surface area contributed by atoms with Gasteiger partial charge >= 0.3 is 5.97 Å². The lowest BCUT2D eigenvalue weighted by atomic mass is 9.70. The number of methoxy groups -OCH3 is 1. The van der Waals surface area contributed by atoms with Crippen LogP contribution in [-0.2, 0) is 23.9 Å². The van der Waals surface area contributed by atoms with Gasteiger partial charge in [0.1, 0.15) is 17.1 Å². The largest absolute Gasteiger partial charge is 0.483 e. The summed E-state index contributed by atoms with van der Waals surface area (Å²) in [5.74, 6) is -1.45. The molecule has 1 unspecified atom stereocenters. The summed E-state index contributed by atoms with van der Waals surface area (Å²) >= 11 is 3.48. The maximum atomic E-state index is 13.5. The molecule has 38 heavy (non-hydrogen) atoms. The number of rotatable bonds is 6. The summed E-state index contributed by atoms with van der Waals surface area (Å²) in [6.07, 6.45) is 0.754. The average Bonchev–Trinajstić information content (AvgIpc) is 2.83. The molecule has 3 N–H and O–H groups in total. The van der Waals surface area contributed by atoms with Crippen molar-refractivity contribution in [1.29, 1.82) is 0 Å². The van der Waals surface area contributed by atoms with Gasteiger partial charge in [-0.3, -0.25) is 9.59 Å². The molecule has 0 spiro atoms. The Morgan fingerprint density at radius 2 is 1.84 bits per heavy atom. The van der Waals surface area contributed by atoms with E-state index in [1.54, 1.807) is 18.2 Å². The predicted octanol–water partition coefficient (Wildman–Crippen LogP) is 5.18. The Morgan fingerprint density at radius 1 is 1.16 bits per heavy atom. The van der Waals surface area contributed by atoms with Crippen molar-refractivity contribution < 1.29 is 28.6 Å². The number of carbonyl (C=O) groups excluding carboxylic acids is 3. The molecule has 0 aromatic heterocycles. The number of esters is 1. The normalized spacial score (nSPS) is 18.5. The van der Waals surface area contributed by atoms with Crippen molar-refractivity contribution in [3.05, 3.63) is 80.3 Å². The second-order valence-electron chi connectivity index (χ2n) is 10.4. The van der Waals surface area contributed by atoms with E-state index in [0.29, 0.717) is 33.5 Å². The van der Waals surface area contributed by atoms with Crippen LogP contribution in [0.5, 0.6) is 5.75 Å². The van der Waals surface area contributed by atoms with E-state index in [0.717, 1.165) is 16.8 Å². The zero-order chi connectivity index (χ0) is 27.8. The summed E-state index contributed by atoms with van der Waals surface area (Å²) in [6.45, 7) is 7.50. The van der Waals surface area contributed by atoms with Crippen LogP contribution >= 0.6 is 15.9 Å². The Bertz CT molecular complexity index is 1370. The molecule has 1 aliphatic heterocycles. The molecule has 1 heterocycles. The molecule has 1 aliphatic carbocycles. The number of ether oxygens (including phenoxy) is 3. The van der Waals surface area contributed by atoms with E-state index >= 15 is 0 Å². The maximum Gasteiger partial charge on any atom is 0.340 e. The van der Waals surface area contributed by atoms with Gasteiger partial charge in [-0.15, -0.1) is 0 Å². The third-order valence-electron chi connectivity index (χ3n) is 6.75. The van der Waals surface area contributed by atoms with Gasteiger partial charge in [0.15, 0.2) is 12.4 Å². The molecule has 2 aromatic rings. The van der Waals surface area contributed by atoms with Gasteiger partial charge in [0, 0.05) is 34.1 Å². The van der Waals surface area contributed by atoms with Gasteiger partial charge in [0.25, 0.3) is 5.91 Å². The van der Waals surface area contributed by atoms with Gasteiger partial charge in [-0.2, -0.15) is 0 Å². The van der Waals surface area contributed by atoms with Crippen LogP contribution in [0.15, 0.2) is 63.7 Å². The van der Waals surface area contributed by atoms with E-state index in [1.807, 2.05) is 45.9 Å². The van der Waals surface area contributed by atoms with Gasteiger partial charge in [-0.25, -0.2) is 4.79 Å². The first-order valence-corrected chi connectivity index (χ1v) is 13.0. The average molecular weight is 583 g/mol. The predicted molar refractivity (Wildman–Crippen MR) is 146 cm³/mol. The van der Waals surface area contributed by atoms with E-state index in [-0.39, 0.29) is 41.6 Å². The minimum absolute atomic E-state index is 0.0160. The first-order valence-electron chi connectivity index (χ1n) is 12.2. The lowest BCUT2D eigenvalue weighted by Gasteiger charge is -2.38. The minimum atomic E-state index is -0.885. The molecule has 2 aromatic carbocycles. The summed E-state index contributed by atoms with van der Waals surface area (Å²) in [5.41, 5.74) is 9.38. The van der Waals surface area contributed by atoms with Crippen LogP contribution < -0.4 is 15.8 Å². The van der Waals surface area contributed by atoms with Gasteiger partial charge < -0.3 is 25.3 Å². The molecule has 1 amide bonds. The number of ketones is 1. The highest BCUT2D eigenvalue weighted by Gasteiger charge is 2.45. The summed E-state index contributed by atoms with van der Waals surface area (Å²) in [6, 6.07) is 11.0. The number of Topliss-reactive ketones (excluding diaryl/α,β-unsaturated/α-hetero) is 1. The monoisotopic (exact) mass is 582 g/mol. The molecule has 200 valence electrons. The highest BCUT2D eigenvalue weighted by atomic mass is 79.9. The number of halogens is 1. The van der Waals surface area contributed by atoms with Crippen LogP contribution in [-0.4, -0.2) is 31.4 Å². The van der Waals surface area contributed by atoms with Crippen LogP contribution in [0.3, 0.4) is 0 Å². The highest BCUT2D eigenvalue weighted by Crippen LogP contribution is 2.50. The summed E-state index contributed by atoms with van der Waals surface area (Å²) < 4.78 is 17.5. The highest BCUT2D eigenvalue weighted by molar-refractivity contribution is 9.10. The Hall–Kier alpha value is -3.59. The van der Waals surface area contributed by atoms with Crippen LogP contribution in [0.4, 0.5) is 5.69 Å². The number of amides is 1. The Balaban J connectivity index is 1.73. The fourth-order valence-electron chi connectivity index (χ4n) is 5.01. The molecule has 0 radical (unpaired) electrons. The zero-order valence-corrected chi connectivity index (χ0v) is 23.7. The fraction of sp³-hybridized carbons (Fsp3) is 0.345. The minimum Gasteiger partial charge on any atom is -0.483 e. The molecule has 0 saturated carbocycles. The Kier molecular flexibility index (Phi) is 7.69. The van der Waals surface area contributed by atoms with Crippen LogP contribution in [0.1, 0.15) is 49.3 Å². The van der Waals surface area contributed by atoms with Crippen molar-refractivity contribution in [2.75, 3.05) is 19.0 Å². The third kappa shape index (κ3) is 5.48. The molecule has 0 bridgehead atoms. The summed E-state index contributed by atoms with van der Waals surface area (Å²) in [5, 5.41) is 2.90. The quantitative estimate of drug-likeness (QED) is 0.450. The molecule has 9 heteroatoms. The van der Waals surface area contributed by atoms with Crippen molar-refractivity contribution in [2.45, 2.75) is 46.5 Å². The van der Waals surface area contributed by atoms with Crippen molar-refractivity contribution in [1.82, 2.24) is 0 Å². The number of allylic oxidation sites excluding steroid dienone is 2. The second kappa shape index (κ2) is 10.6. The van der Waals surface area contributed by atoms with E-state index < -0.39 is 11.9 Å². The number of benzene rings is 2. The number of nitrogens with one attached hydrogen (secondary N) is 1. The van der Waals surface area contributed by atoms with E-state index in [4.69, 9.17) is 19.9 Å². The first-order chi connectivity index (χ1) is 17.9. The Morgan fingerprint density at radius 3 is 2.50 bits per heavy atom. The van der Waals surface area contributed by atoms with Gasteiger partial charge in [0.05, 0.1) is 13.0 Å². The molecular formula is C29H31BrN2O6. The molecule has 0 fully saturated rings. The number of aryl methyl sites for hydroxylation is 2. The number of anilines is 1. The van der Waals surface area contributed by atoms with Crippen molar-refractivity contribution >= 4 is 39.3 Å². The van der Waals surface area contributed by atoms with Crippen molar-refractivity contribution in [2.24, 2.45) is 11.1 Å². The second-order valence-corrected chi connectivity index (χ2v) is 11.3. The lowest BCUT2D eigenvalue weighted by molar-refractivity contribution is -0.136. The Labute approximate surface area is 230 Å². The standard InChI is InChI=1S/C29H31BrN2O6/c1-15-7-6-8-16(2)26(15)32-22(34)14-37-20-10-9-17(30)11-18(20)23-24-19(33)12-29(3,4)13-21(24)38-27(31)25(23)28(35)36-5/h6-11,23H,12-14,31H2,1-5H3,(H,32,34). The van der Waals surface area contributed by atoms with Crippen LogP contribution in [0.25, 0.3) is 0 Å². The smallest absolute Gasteiger partial charge is 0.340 e. The summed E-state index contributed by atoms with van der Waals surface area (Å²) in [7, 11) is 1.24. The molecule has 4 rings (SSSR count). The summed E-state index contributed by atoms with van der Waals surface area (Å²) in [4.78, 5) is 39.2. The van der Waals surface area contributed by atoms with E-state index in [2.05, 4.69) is 21.2 Å². The van der Waals surface area contributed by atoms with Crippen LogP contribution in [0.2, 0.25) is 0 Å². The molecule has 2 aliphatic rings. The number of carbonyl (C=O) groups is 3. The van der Waals surface area contributed by atoms with Crippen LogP contribution in [0, 0.1) is 19.3 Å². The zero-order valence-electron chi connectivity index (χ0n) is 22.1. The van der Waals surface area contributed by atoms with Gasteiger partial charge in [0.2, 0.25) is 5.88 Å². The topological polar surface area (TPSA) is 117 Å². The first kappa shape index (κ1) is 27.4. The molecule has 1 atom stereocenters. The van der Waals surface area contributed by atoms with Crippen molar-refractivity contribution in [3.63, 3.8) is 0 Å². The molecule has 8 nitrogen and oxygen atoms in total. The fourth-order valence-corrected chi connectivity index (χ4v) is 5.39. The number of hydrogen-bond donors (Lipinski definition) is 2. The number of nitrogens with two attached hydrogens (primary N) is 1. The lowest BCUT2D eigenvalue weighted by Crippen LogP contribution is -2.35. The van der Waals surface area contributed by atoms with Crippen molar-refractivity contribution in [3.8, 4) is 5.75 Å². The van der Waals surface area contributed by atoms with Gasteiger partial charge in [-0.05, 0) is 48.6 Å². The molecular weight excluding hydrogens is 552 g/mol. The SMILES string of the molecule is COC(=O)C1=C(N)OC2=C(C(=O)CC(C)(C)C2)C1c1cc(Br)ccc1OCC(=O)Nc1c(C)cccc1C. The number of hydrogen-bond acceptors (Lipinski definition) is 7.